The number of piperidine rings is 1. The molecular weight excluding hydrogens is 282 g/mol. The fourth-order valence-electron chi connectivity index (χ4n) is 2.72. The average molecular weight is 303 g/mol. The number of urea groups is 1. The molecule has 2 aromatic rings. The molecule has 3 rings (SSSR count). The van der Waals surface area contributed by atoms with Crippen LogP contribution in [-0.4, -0.2) is 32.6 Å². The van der Waals surface area contributed by atoms with Crippen LogP contribution >= 0.6 is 0 Å². The molecule has 1 fully saturated rings. The zero-order chi connectivity index (χ0) is 15.5. The Labute approximate surface area is 129 Å². The molecule has 0 aromatic carbocycles. The lowest BCUT2D eigenvalue weighted by atomic mass is 10.0. The Balaban J connectivity index is 1.71. The Kier molecular flexibility index (Phi) is 4.13. The number of anilines is 1. The van der Waals surface area contributed by atoms with E-state index in [1.165, 1.54) is 0 Å². The fourth-order valence-corrected chi connectivity index (χ4v) is 2.72. The lowest BCUT2D eigenvalue weighted by Crippen LogP contribution is -2.41. The molecule has 0 aliphatic carbocycles. The Morgan fingerprint density at radius 1 is 1.50 bits per heavy atom. The monoisotopic (exact) mass is 303 g/mol. The van der Waals surface area contributed by atoms with Crippen molar-refractivity contribution in [3.63, 3.8) is 0 Å². The summed E-state index contributed by atoms with van der Waals surface area (Å²) in [6, 6.07) is 1.60. The van der Waals surface area contributed by atoms with Gasteiger partial charge in [0.05, 0.1) is 6.04 Å². The van der Waals surface area contributed by atoms with E-state index in [1.807, 2.05) is 18.7 Å². The first-order chi connectivity index (χ1) is 10.6. The zero-order valence-corrected chi connectivity index (χ0v) is 12.9. The summed E-state index contributed by atoms with van der Waals surface area (Å²) in [5.74, 6) is 2.29. The lowest BCUT2D eigenvalue weighted by Gasteiger charge is -2.34. The molecule has 2 aromatic heterocycles. The number of carbonyl (C=O) groups is 1. The van der Waals surface area contributed by atoms with E-state index in [0.29, 0.717) is 12.4 Å². The maximum atomic E-state index is 12.5. The second-order valence-corrected chi connectivity index (χ2v) is 5.88. The molecule has 0 spiro atoms. The van der Waals surface area contributed by atoms with Gasteiger partial charge in [-0.05, 0) is 19.3 Å². The van der Waals surface area contributed by atoms with Gasteiger partial charge in [-0.1, -0.05) is 19.0 Å². The van der Waals surface area contributed by atoms with Crippen LogP contribution in [0.2, 0.25) is 0 Å². The van der Waals surface area contributed by atoms with Gasteiger partial charge in [-0.2, -0.15) is 0 Å². The molecule has 7 heteroatoms. The predicted molar refractivity (Wildman–Crippen MR) is 81.5 cm³/mol. The van der Waals surface area contributed by atoms with Crippen molar-refractivity contribution in [3.05, 3.63) is 30.0 Å². The van der Waals surface area contributed by atoms with Crippen molar-refractivity contribution in [1.29, 1.82) is 0 Å². The second-order valence-electron chi connectivity index (χ2n) is 5.88. The van der Waals surface area contributed by atoms with Gasteiger partial charge >= 0.3 is 6.03 Å². The van der Waals surface area contributed by atoms with E-state index >= 15 is 0 Å². The molecule has 0 saturated carbocycles. The van der Waals surface area contributed by atoms with Crippen molar-refractivity contribution in [1.82, 2.24) is 20.0 Å². The number of hydrogen-bond acceptors (Lipinski definition) is 4. The molecule has 0 radical (unpaired) electrons. The number of likely N-dealkylation sites (tertiary alicyclic amines) is 1. The highest BCUT2D eigenvalue weighted by atomic mass is 16.5. The van der Waals surface area contributed by atoms with Gasteiger partial charge in [0.1, 0.15) is 11.6 Å². The Bertz CT molecular complexity index is 620. The van der Waals surface area contributed by atoms with Crippen LogP contribution in [0.5, 0.6) is 0 Å². The topological polar surface area (TPSA) is 87.0 Å². The van der Waals surface area contributed by atoms with Gasteiger partial charge in [0.2, 0.25) is 0 Å². The summed E-state index contributed by atoms with van der Waals surface area (Å²) in [5, 5.41) is 6.72. The first-order valence-electron chi connectivity index (χ1n) is 7.68. The predicted octanol–water partition coefficient (Wildman–Crippen LogP) is 3.28. The minimum Gasteiger partial charge on any atom is -0.359 e. The number of nitrogens with zero attached hydrogens (tertiary/aromatic N) is 3. The van der Waals surface area contributed by atoms with Crippen LogP contribution in [0.15, 0.2) is 23.0 Å². The zero-order valence-electron chi connectivity index (χ0n) is 12.9. The first-order valence-corrected chi connectivity index (χ1v) is 7.68. The smallest absolute Gasteiger partial charge is 0.323 e. The Morgan fingerprint density at radius 2 is 2.36 bits per heavy atom. The third kappa shape index (κ3) is 2.98. The number of rotatable bonds is 3. The number of nitrogens with one attached hydrogen (secondary N) is 2. The van der Waals surface area contributed by atoms with E-state index < -0.39 is 0 Å². The maximum Gasteiger partial charge on any atom is 0.323 e. The van der Waals surface area contributed by atoms with Crippen molar-refractivity contribution in [2.24, 2.45) is 0 Å². The third-order valence-electron chi connectivity index (χ3n) is 3.93. The fraction of sp³-hybridized carbons (Fsp3) is 0.533. The lowest BCUT2D eigenvalue weighted by molar-refractivity contribution is 0.159. The maximum absolute atomic E-state index is 12.5. The molecule has 22 heavy (non-hydrogen) atoms. The molecule has 3 heterocycles. The summed E-state index contributed by atoms with van der Waals surface area (Å²) in [6.45, 7) is 4.75. The van der Waals surface area contributed by atoms with Gasteiger partial charge in [-0.15, -0.1) is 0 Å². The molecule has 118 valence electrons. The van der Waals surface area contributed by atoms with Gasteiger partial charge in [0.25, 0.3) is 0 Å². The van der Waals surface area contributed by atoms with E-state index in [9.17, 15) is 4.79 Å². The van der Waals surface area contributed by atoms with Crippen LogP contribution in [0.1, 0.15) is 56.7 Å². The third-order valence-corrected chi connectivity index (χ3v) is 3.93. The van der Waals surface area contributed by atoms with Gasteiger partial charge in [-0.25, -0.2) is 9.78 Å². The van der Waals surface area contributed by atoms with Crippen molar-refractivity contribution >= 4 is 11.8 Å². The highest BCUT2D eigenvalue weighted by Gasteiger charge is 2.30. The van der Waals surface area contributed by atoms with Crippen LogP contribution in [0, 0.1) is 0 Å². The number of amides is 2. The van der Waals surface area contributed by atoms with Crippen molar-refractivity contribution in [2.45, 2.75) is 45.1 Å². The molecule has 1 atom stereocenters. The summed E-state index contributed by atoms with van der Waals surface area (Å²) in [4.78, 5) is 21.8. The van der Waals surface area contributed by atoms with Gasteiger partial charge in [-0.3, -0.25) is 5.32 Å². The molecule has 1 aliphatic heterocycles. The molecule has 2 N–H and O–H groups in total. The van der Waals surface area contributed by atoms with Gasteiger partial charge in [0, 0.05) is 30.9 Å². The largest absolute Gasteiger partial charge is 0.359 e. The quantitative estimate of drug-likeness (QED) is 0.911. The number of aromatic nitrogens is 3. The number of H-pyrrole nitrogens is 1. The summed E-state index contributed by atoms with van der Waals surface area (Å²) < 4.78 is 5.21. The van der Waals surface area contributed by atoms with Crippen LogP contribution in [0.4, 0.5) is 10.6 Å². The highest BCUT2D eigenvalue weighted by Crippen LogP contribution is 2.29. The number of imidazole rings is 1. The molecule has 0 unspecified atom stereocenters. The normalized spacial score (nSPS) is 18.7. The van der Waals surface area contributed by atoms with Gasteiger partial charge in [0.15, 0.2) is 5.82 Å². The Hall–Kier alpha value is -2.31. The van der Waals surface area contributed by atoms with Gasteiger partial charge < -0.3 is 14.4 Å². The van der Waals surface area contributed by atoms with Crippen molar-refractivity contribution in [2.75, 3.05) is 11.9 Å². The van der Waals surface area contributed by atoms with Crippen LogP contribution in [0.3, 0.4) is 0 Å². The minimum atomic E-state index is -0.162. The molecule has 2 amide bonds. The SMILES string of the molecule is CC(C)c1cc(NC(=O)N2CCCC[C@H]2c2ncc[nH]2)no1. The molecule has 7 nitrogen and oxygen atoms in total. The minimum absolute atomic E-state index is 0.0137. The average Bonchev–Trinajstić information content (AvgIpc) is 3.18. The standard InChI is InChI=1S/C15H21N5O2/c1-10(2)12-9-13(19-22-12)18-15(21)20-8-4-3-5-11(20)14-16-6-7-17-14/h6-7,9-11H,3-5,8H2,1-2H3,(H,16,17)(H,18,19,21)/t11-/m0/s1. The number of carbonyl (C=O) groups excluding carboxylic acids is 1. The van der Waals surface area contributed by atoms with E-state index in [0.717, 1.165) is 30.8 Å². The Morgan fingerprint density at radius 3 is 3.05 bits per heavy atom. The van der Waals surface area contributed by atoms with E-state index in [1.54, 1.807) is 18.5 Å². The van der Waals surface area contributed by atoms with Crippen molar-refractivity contribution in [3.8, 4) is 0 Å². The van der Waals surface area contributed by atoms with Crippen LogP contribution in [0.25, 0.3) is 0 Å². The number of aromatic amines is 1. The molecule has 1 saturated heterocycles. The highest BCUT2D eigenvalue weighted by molar-refractivity contribution is 5.88. The van der Waals surface area contributed by atoms with E-state index in [-0.39, 0.29) is 18.0 Å². The summed E-state index contributed by atoms with van der Waals surface area (Å²) in [6.07, 6.45) is 6.51. The van der Waals surface area contributed by atoms with E-state index in [2.05, 4.69) is 20.4 Å². The van der Waals surface area contributed by atoms with Crippen LogP contribution < -0.4 is 5.32 Å². The summed E-state index contributed by atoms with van der Waals surface area (Å²) >= 11 is 0. The van der Waals surface area contributed by atoms with Crippen LogP contribution in [-0.2, 0) is 0 Å². The van der Waals surface area contributed by atoms with Crippen molar-refractivity contribution < 1.29 is 9.32 Å². The first kappa shape index (κ1) is 14.6. The molecular formula is C15H21N5O2. The molecule has 1 aliphatic rings. The number of hydrogen-bond donors (Lipinski definition) is 2. The van der Waals surface area contributed by atoms with E-state index in [4.69, 9.17) is 4.52 Å². The summed E-state index contributed by atoms with van der Waals surface area (Å²) in [7, 11) is 0. The second kappa shape index (κ2) is 6.21. The molecule has 0 bridgehead atoms. The summed E-state index contributed by atoms with van der Waals surface area (Å²) in [5.41, 5.74) is 0.